The second-order valence-corrected chi connectivity index (χ2v) is 10.4. The summed E-state index contributed by atoms with van der Waals surface area (Å²) in [6, 6.07) is 7.58. The smallest absolute Gasteiger partial charge is 0.274 e. The quantitative estimate of drug-likeness (QED) is 0.396. The van der Waals surface area contributed by atoms with Crippen LogP contribution in [0.5, 0.6) is 0 Å². The number of nitrogens with zero attached hydrogens (tertiary/aromatic N) is 5. The number of hydrogen-bond acceptors (Lipinski definition) is 5. The molecule has 1 aromatic carbocycles. The van der Waals surface area contributed by atoms with Crippen LogP contribution in [0.4, 0.5) is 11.6 Å². The Kier molecular flexibility index (Phi) is 9.21. The number of aryl methyl sites for hydroxylation is 2. The van der Waals surface area contributed by atoms with Gasteiger partial charge in [0.1, 0.15) is 5.69 Å². The van der Waals surface area contributed by atoms with E-state index in [-0.39, 0.29) is 23.8 Å². The van der Waals surface area contributed by atoms with Gasteiger partial charge in [0.25, 0.3) is 5.91 Å². The Balaban J connectivity index is 1.69. The van der Waals surface area contributed by atoms with Crippen molar-refractivity contribution < 1.29 is 14.4 Å². The third-order valence-electron chi connectivity index (χ3n) is 7.14. The fraction of sp³-hybridized carbons (Fsp3) is 0.400. The van der Waals surface area contributed by atoms with E-state index >= 15 is 0 Å². The van der Waals surface area contributed by atoms with Crippen molar-refractivity contribution >= 4 is 40.4 Å². The summed E-state index contributed by atoms with van der Waals surface area (Å²) in [5.74, 6) is -0.251. The van der Waals surface area contributed by atoms with E-state index in [2.05, 4.69) is 34.8 Å². The highest BCUT2D eigenvalue weighted by atomic mass is 16.2. The summed E-state index contributed by atoms with van der Waals surface area (Å²) >= 11 is 0. The summed E-state index contributed by atoms with van der Waals surface area (Å²) in [7, 11) is 5.68. The molecule has 0 bridgehead atoms. The highest BCUT2D eigenvalue weighted by molar-refractivity contribution is 6.05. The zero-order valence-electron chi connectivity index (χ0n) is 23.8. The fourth-order valence-corrected chi connectivity index (χ4v) is 5.17. The Hall–Kier alpha value is -4.18. The predicted molar refractivity (Wildman–Crippen MR) is 158 cm³/mol. The van der Waals surface area contributed by atoms with Crippen LogP contribution in [-0.4, -0.2) is 75.4 Å². The Morgan fingerprint density at radius 3 is 2.73 bits per heavy atom. The predicted octanol–water partition coefficient (Wildman–Crippen LogP) is 3.99. The molecule has 0 spiro atoms. The molecule has 4 rings (SSSR count). The van der Waals surface area contributed by atoms with E-state index in [9.17, 15) is 14.4 Å². The van der Waals surface area contributed by atoms with Gasteiger partial charge >= 0.3 is 0 Å². The molecule has 1 fully saturated rings. The van der Waals surface area contributed by atoms with Crippen LogP contribution in [0.25, 0.3) is 11.0 Å². The summed E-state index contributed by atoms with van der Waals surface area (Å²) in [6.45, 7) is 7.49. The van der Waals surface area contributed by atoms with Crippen molar-refractivity contribution in [3.05, 3.63) is 66.5 Å². The lowest BCUT2D eigenvalue weighted by molar-refractivity contribution is -0.126. The summed E-state index contributed by atoms with van der Waals surface area (Å²) in [5, 5.41) is 5.72. The highest BCUT2D eigenvalue weighted by Gasteiger charge is 2.28. The molecular formula is C30H39N7O3. The van der Waals surface area contributed by atoms with E-state index in [0.29, 0.717) is 37.0 Å². The first kappa shape index (κ1) is 28.8. The number of rotatable bonds is 9. The van der Waals surface area contributed by atoms with E-state index in [1.165, 1.54) is 6.08 Å². The molecule has 3 amide bonds. The van der Waals surface area contributed by atoms with E-state index in [4.69, 9.17) is 4.98 Å². The lowest BCUT2D eigenvalue weighted by Crippen LogP contribution is -2.35. The molecular weight excluding hydrogens is 506 g/mol. The van der Waals surface area contributed by atoms with Gasteiger partial charge in [0.05, 0.1) is 22.8 Å². The zero-order valence-corrected chi connectivity index (χ0v) is 23.8. The highest BCUT2D eigenvalue weighted by Crippen LogP contribution is 2.32. The van der Waals surface area contributed by atoms with E-state index < -0.39 is 0 Å². The average Bonchev–Trinajstić information content (AvgIpc) is 3.37. The van der Waals surface area contributed by atoms with E-state index in [1.54, 1.807) is 30.0 Å². The second kappa shape index (κ2) is 12.8. The lowest BCUT2D eigenvalue weighted by Gasteiger charge is -2.26. The Morgan fingerprint density at radius 1 is 1.20 bits per heavy atom. The second-order valence-electron chi connectivity index (χ2n) is 10.4. The SMILES string of the molecule is C=CC(=O)Nc1cc(C(=O)Nc2nc3cccc(CC)c3n2[C@@H]2CCCCN(C(=O)/C=C/CN(C)C)C2)n(C)c1. The van der Waals surface area contributed by atoms with Gasteiger partial charge in [-0.15, -0.1) is 0 Å². The van der Waals surface area contributed by atoms with E-state index in [0.717, 1.165) is 42.3 Å². The van der Waals surface area contributed by atoms with Crippen LogP contribution in [-0.2, 0) is 23.1 Å². The average molecular weight is 546 g/mol. The first-order valence-corrected chi connectivity index (χ1v) is 13.7. The van der Waals surface area contributed by atoms with Gasteiger partial charge < -0.3 is 24.3 Å². The van der Waals surface area contributed by atoms with Crippen molar-refractivity contribution in [3.63, 3.8) is 0 Å². The molecule has 1 aliphatic rings. The van der Waals surface area contributed by atoms with Crippen molar-refractivity contribution in [2.24, 2.45) is 7.05 Å². The van der Waals surface area contributed by atoms with Crippen molar-refractivity contribution in [1.29, 1.82) is 0 Å². The lowest BCUT2D eigenvalue weighted by atomic mass is 10.1. The van der Waals surface area contributed by atoms with E-state index in [1.807, 2.05) is 42.1 Å². The van der Waals surface area contributed by atoms with Crippen molar-refractivity contribution in [1.82, 2.24) is 23.9 Å². The Labute approximate surface area is 235 Å². The number of amides is 3. The molecule has 212 valence electrons. The molecule has 1 saturated heterocycles. The van der Waals surface area contributed by atoms with Crippen molar-refractivity contribution in [3.8, 4) is 0 Å². The number of benzene rings is 1. The normalized spacial score (nSPS) is 15.9. The number of carbonyl (C=O) groups excluding carboxylic acids is 3. The third kappa shape index (κ3) is 6.51. The van der Waals surface area contributed by atoms with Crippen LogP contribution >= 0.6 is 0 Å². The number of imidazole rings is 1. The van der Waals surface area contributed by atoms with Crippen LogP contribution < -0.4 is 10.6 Å². The summed E-state index contributed by atoms with van der Waals surface area (Å²) < 4.78 is 3.77. The van der Waals surface area contributed by atoms with Gasteiger partial charge in [0.2, 0.25) is 17.8 Å². The molecule has 1 atom stereocenters. The molecule has 10 heteroatoms. The van der Waals surface area contributed by atoms with Gasteiger partial charge in [0.15, 0.2) is 0 Å². The van der Waals surface area contributed by atoms with Crippen LogP contribution in [0.3, 0.4) is 0 Å². The van der Waals surface area contributed by atoms with Gasteiger partial charge in [-0.05, 0) is 63.6 Å². The fourth-order valence-electron chi connectivity index (χ4n) is 5.17. The topological polar surface area (TPSA) is 104 Å². The number of hydrogen-bond donors (Lipinski definition) is 2. The molecule has 10 nitrogen and oxygen atoms in total. The van der Waals surface area contributed by atoms with Gasteiger partial charge in [-0.3, -0.25) is 19.7 Å². The minimum Gasteiger partial charge on any atom is -0.344 e. The number of anilines is 2. The summed E-state index contributed by atoms with van der Waals surface area (Å²) in [5.41, 5.74) is 3.78. The molecule has 0 unspecified atom stereocenters. The minimum atomic E-state index is -0.351. The van der Waals surface area contributed by atoms with Gasteiger partial charge in [-0.2, -0.15) is 0 Å². The Bertz CT molecular complexity index is 1430. The molecule has 0 aliphatic carbocycles. The molecule has 0 radical (unpaired) electrons. The number of aromatic nitrogens is 3. The maximum Gasteiger partial charge on any atom is 0.274 e. The number of nitrogens with one attached hydrogen (secondary N) is 2. The molecule has 40 heavy (non-hydrogen) atoms. The first-order valence-electron chi connectivity index (χ1n) is 13.7. The Morgan fingerprint density at radius 2 is 2.00 bits per heavy atom. The maximum absolute atomic E-state index is 13.5. The van der Waals surface area contributed by atoms with Gasteiger partial charge in [-0.1, -0.05) is 31.7 Å². The van der Waals surface area contributed by atoms with Crippen LogP contribution in [0.15, 0.2) is 55.3 Å². The van der Waals surface area contributed by atoms with Crippen LogP contribution in [0.1, 0.15) is 48.3 Å². The standard InChI is InChI=1S/C30H39N7O3/c1-6-21-12-10-14-24-28(21)37(23-13-8-9-17-36(20-23)27(39)15-11-16-34(3)4)30(32-24)33-29(40)25-18-22(19-35(25)5)31-26(38)7-2/h7,10-12,14-15,18-19,23H,2,6,8-9,13,16-17,20H2,1,3-5H3,(H,31,38)(H,32,33,40)/b15-11+/t23-/m1/s1. The van der Waals surface area contributed by atoms with Crippen molar-refractivity contribution in [2.75, 3.05) is 44.4 Å². The number of likely N-dealkylation sites (N-methyl/N-ethyl adjacent to an activating group) is 1. The van der Waals surface area contributed by atoms with Crippen molar-refractivity contribution in [2.45, 2.75) is 38.6 Å². The molecule has 3 heterocycles. The number of carbonyl (C=O) groups is 3. The van der Waals surface area contributed by atoms with Gasteiger partial charge in [-0.25, -0.2) is 4.98 Å². The molecule has 2 aromatic heterocycles. The molecule has 2 N–H and O–H groups in total. The monoisotopic (exact) mass is 545 g/mol. The summed E-state index contributed by atoms with van der Waals surface area (Å²) in [6.07, 6.45) is 9.95. The first-order chi connectivity index (χ1) is 19.2. The third-order valence-corrected chi connectivity index (χ3v) is 7.14. The number of fused-ring (bicyclic) bond motifs is 1. The maximum atomic E-state index is 13.5. The largest absolute Gasteiger partial charge is 0.344 e. The van der Waals surface area contributed by atoms with Crippen LogP contribution in [0, 0.1) is 0 Å². The zero-order chi connectivity index (χ0) is 28.8. The molecule has 3 aromatic rings. The molecule has 0 saturated carbocycles. The summed E-state index contributed by atoms with van der Waals surface area (Å²) in [4.78, 5) is 47.1. The number of likely N-dealkylation sites (tertiary alicyclic amines) is 1. The molecule has 1 aliphatic heterocycles. The van der Waals surface area contributed by atoms with Crippen LogP contribution in [0.2, 0.25) is 0 Å². The minimum absolute atomic E-state index is 0.00242. The van der Waals surface area contributed by atoms with Gasteiger partial charge in [0, 0.05) is 39.0 Å². The number of para-hydroxylation sites is 1.